The molecule has 0 saturated carbocycles. The second-order valence-corrected chi connectivity index (χ2v) is 5.24. The third kappa shape index (κ3) is 3.02. The van der Waals surface area contributed by atoms with E-state index in [1.807, 2.05) is 24.3 Å². The Kier molecular flexibility index (Phi) is 4.34. The van der Waals surface area contributed by atoms with Crippen LogP contribution in [0, 0.1) is 0 Å². The molecule has 0 unspecified atom stereocenters. The normalized spacial score (nSPS) is 10.6. The largest absolute Gasteiger partial charge is 0.339 e. The maximum Gasteiger partial charge on any atom is 0.148 e. The smallest absolute Gasteiger partial charge is 0.148 e. The first-order valence-electron chi connectivity index (χ1n) is 5.96. The molecule has 0 aliphatic carbocycles. The Morgan fingerprint density at radius 1 is 1.16 bits per heavy atom. The number of nitrogens with one attached hydrogen (secondary N) is 2. The van der Waals surface area contributed by atoms with Crippen molar-refractivity contribution in [1.82, 2.24) is 9.97 Å². The second kappa shape index (κ2) is 5.99. The van der Waals surface area contributed by atoms with Crippen molar-refractivity contribution < 1.29 is 0 Å². The summed E-state index contributed by atoms with van der Waals surface area (Å²) in [5.74, 6) is 7.14. The average molecular weight is 322 g/mol. The summed E-state index contributed by atoms with van der Waals surface area (Å²) in [4.78, 5) is 8.45. The summed E-state index contributed by atoms with van der Waals surface area (Å²) in [6, 6.07) is 7.88. The van der Waals surface area contributed by atoms with Crippen LogP contribution < -0.4 is 16.6 Å². The number of hydrogen-bond acceptors (Lipinski definition) is 5. The van der Waals surface area contributed by atoms with Gasteiger partial charge in [-0.1, -0.05) is 26.0 Å². The Hall–Kier alpha value is -1.66. The second-order valence-electron chi connectivity index (χ2n) is 4.39. The molecule has 1 aromatic carbocycles. The van der Waals surface area contributed by atoms with E-state index in [-0.39, 0.29) is 5.92 Å². The summed E-state index contributed by atoms with van der Waals surface area (Å²) in [5.41, 5.74) is 4.52. The Morgan fingerprint density at radius 2 is 1.84 bits per heavy atom. The van der Waals surface area contributed by atoms with Gasteiger partial charge in [-0.2, -0.15) is 0 Å². The van der Waals surface area contributed by atoms with Crippen molar-refractivity contribution >= 4 is 33.3 Å². The number of nitrogens with two attached hydrogens (primary N) is 1. The van der Waals surface area contributed by atoms with Crippen LogP contribution in [0.4, 0.5) is 17.3 Å². The summed E-state index contributed by atoms with van der Waals surface area (Å²) in [6.07, 6.45) is 1.49. The summed E-state index contributed by atoms with van der Waals surface area (Å²) >= 11 is 3.50. The molecule has 2 rings (SSSR count). The van der Waals surface area contributed by atoms with Crippen LogP contribution in [0.15, 0.2) is 35.1 Å². The zero-order valence-corrected chi connectivity index (χ0v) is 12.4. The van der Waals surface area contributed by atoms with Crippen LogP contribution >= 0.6 is 15.9 Å². The van der Waals surface area contributed by atoms with Crippen LogP contribution in [0.1, 0.15) is 25.3 Å². The molecule has 0 fully saturated rings. The minimum absolute atomic E-state index is 0.247. The van der Waals surface area contributed by atoms with E-state index >= 15 is 0 Å². The predicted molar refractivity (Wildman–Crippen MR) is 81.4 cm³/mol. The Morgan fingerprint density at radius 3 is 2.47 bits per heavy atom. The van der Waals surface area contributed by atoms with Crippen LogP contribution in [0.2, 0.25) is 0 Å². The molecular formula is C13H16BrN5. The minimum atomic E-state index is 0.247. The van der Waals surface area contributed by atoms with Crippen LogP contribution in [0.5, 0.6) is 0 Å². The standard InChI is InChI=1S/C13H16BrN5/c1-8(2)11-12(16-7-17-13(11)19-15)18-10-6-4-3-5-9(10)14/h3-8H,15H2,1-2H3,(H2,16,17,18,19). The maximum atomic E-state index is 5.50. The minimum Gasteiger partial charge on any atom is -0.339 e. The lowest BCUT2D eigenvalue weighted by molar-refractivity contribution is 0.850. The summed E-state index contributed by atoms with van der Waals surface area (Å²) < 4.78 is 0.977. The van der Waals surface area contributed by atoms with Gasteiger partial charge in [-0.15, -0.1) is 0 Å². The summed E-state index contributed by atoms with van der Waals surface area (Å²) in [5, 5.41) is 3.30. The van der Waals surface area contributed by atoms with Gasteiger partial charge in [-0.3, -0.25) is 0 Å². The van der Waals surface area contributed by atoms with Crippen molar-refractivity contribution in [3.05, 3.63) is 40.6 Å². The predicted octanol–water partition coefficient (Wildman–Crippen LogP) is 3.39. The first-order chi connectivity index (χ1) is 9.13. The van der Waals surface area contributed by atoms with Gasteiger partial charge in [0.2, 0.25) is 0 Å². The Balaban J connectivity index is 2.43. The first-order valence-corrected chi connectivity index (χ1v) is 6.75. The van der Waals surface area contributed by atoms with E-state index in [4.69, 9.17) is 5.84 Å². The number of rotatable bonds is 4. The molecule has 1 heterocycles. The van der Waals surface area contributed by atoms with Gasteiger partial charge in [0.1, 0.15) is 18.0 Å². The molecule has 0 aliphatic rings. The van der Waals surface area contributed by atoms with E-state index in [9.17, 15) is 0 Å². The van der Waals surface area contributed by atoms with Gasteiger partial charge in [-0.05, 0) is 34.0 Å². The number of hydrazine groups is 1. The molecule has 100 valence electrons. The van der Waals surface area contributed by atoms with Crippen LogP contribution in [-0.4, -0.2) is 9.97 Å². The van der Waals surface area contributed by atoms with E-state index in [1.165, 1.54) is 6.33 Å². The number of nitrogen functional groups attached to an aromatic ring is 1. The lowest BCUT2D eigenvalue weighted by Gasteiger charge is -2.17. The van der Waals surface area contributed by atoms with Crippen molar-refractivity contribution in [3.8, 4) is 0 Å². The topological polar surface area (TPSA) is 75.9 Å². The zero-order valence-electron chi connectivity index (χ0n) is 10.8. The van der Waals surface area contributed by atoms with E-state index in [1.54, 1.807) is 0 Å². The monoisotopic (exact) mass is 321 g/mol. The highest BCUT2D eigenvalue weighted by Gasteiger charge is 2.15. The fourth-order valence-electron chi connectivity index (χ4n) is 1.85. The van der Waals surface area contributed by atoms with Crippen molar-refractivity contribution in [2.75, 3.05) is 10.7 Å². The summed E-state index contributed by atoms with van der Waals surface area (Å²) in [6.45, 7) is 4.15. The van der Waals surface area contributed by atoms with Crippen molar-refractivity contribution in [1.29, 1.82) is 0 Å². The fraction of sp³-hybridized carbons (Fsp3) is 0.231. The SMILES string of the molecule is CC(C)c1c(NN)ncnc1Nc1ccccc1Br. The van der Waals surface area contributed by atoms with E-state index in [0.717, 1.165) is 21.5 Å². The molecule has 0 saturated heterocycles. The molecule has 5 nitrogen and oxygen atoms in total. The van der Waals surface area contributed by atoms with Crippen molar-refractivity contribution in [2.24, 2.45) is 5.84 Å². The number of nitrogens with zero attached hydrogens (tertiary/aromatic N) is 2. The highest BCUT2D eigenvalue weighted by Crippen LogP contribution is 2.32. The lowest BCUT2D eigenvalue weighted by Crippen LogP contribution is -2.14. The number of halogens is 1. The highest BCUT2D eigenvalue weighted by molar-refractivity contribution is 9.10. The molecular weight excluding hydrogens is 306 g/mol. The number of hydrogen-bond donors (Lipinski definition) is 3. The van der Waals surface area contributed by atoms with Crippen molar-refractivity contribution in [3.63, 3.8) is 0 Å². The maximum absolute atomic E-state index is 5.50. The summed E-state index contributed by atoms with van der Waals surface area (Å²) in [7, 11) is 0. The molecule has 0 spiro atoms. The van der Waals surface area contributed by atoms with E-state index in [2.05, 4.69) is 50.5 Å². The van der Waals surface area contributed by atoms with Crippen LogP contribution in [-0.2, 0) is 0 Å². The van der Waals surface area contributed by atoms with Gasteiger partial charge in [0.15, 0.2) is 0 Å². The van der Waals surface area contributed by atoms with E-state index < -0.39 is 0 Å². The van der Waals surface area contributed by atoms with E-state index in [0.29, 0.717) is 5.82 Å². The zero-order chi connectivity index (χ0) is 13.8. The van der Waals surface area contributed by atoms with Gasteiger partial charge in [0.05, 0.1) is 5.69 Å². The van der Waals surface area contributed by atoms with Gasteiger partial charge < -0.3 is 10.7 Å². The molecule has 0 aliphatic heterocycles. The molecule has 0 amide bonds. The van der Waals surface area contributed by atoms with Gasteiger partial charge in [0.25, 0.3) is 0 Å². The average Bonchev–Trinajstić information content (AvgIpc) is 2.40. The Labute approximate surface area is 120 Å². The molecule has 1 aromatic heterocycles. The molecule has 19 heavy (non-hydrogen) atoms. The van der Waals surface area contributed by atoms with Crippen LogP contribution in [0.25, 0.3) is 0 Å². The highest BCUT2D eigenvalue weighted by atomic mass is 79.9. The Bertz CT molecular complexity index is 571. The molecule has 0 radical (unpaired) electrons. The van der Waals surface area contributed by atoms with Gasteiger partial charge >= 0.3 is 0 Å². The fourth-order valence-corrected chi connectivity index (χ4v) is 2.23. The van der Waals surface area contributed by atoms with Gasteiger partial charge in [-0.25, -0.2) is 15.8 Å². The number of anilines is 3. The van der Waals surface area contributed by atoms with Crippen molar-refractivity contribution in [2.45, 2.75) is 19.8 Å². The van der Waals surface area contributed by atoms with Crippen LogP contribution in [0.3, 0.4) is 0 Å². The van der Waals surface area contributed by atoms with Gasteiger partial charge in [0, 0.05) is 10.0 Å². The molecule has 0 bridgehead atoms. The third-order valence-electron chi connectivity index (χ3n) is 2.72. The molecule has 0 atom stereocenters. The third-order valence-corrected chi connectivity index (χ3v) is 3.42. The lowest BCUT2D eigenvalue weighted by atomic mass is 10.0. The number of para-hydroxylation sites is 1. The molecule has 4 N–H and O–H groups in total. The quantitative estimate of drug-likeness (QED) is 0.594. The number of benzene rings is 1. The first kappa shape index (κ1) is 13.8. The molecule has 2 aromatic rings. The number of aromatic nitrogens is 2. The molecule has 6 heteroatoms.